The van der Waals surface area contributed by atoms with Crippen LogP contribution < -0.4 is 4.90 Å². The van der Waals surface area contributed by atoms with Crippen LogP contribution in [-0.2, 0) is 9.84 Å². The molecule has 5 nitrogen and oxygen atoms in total. The number of sulfone groups is 1. The first-order valence-corrected chi connectivity index (χ1v) is 6.73. The second-order valence-electron chi connectivity index (χ2n) is 3.57. The van der Waals surface area contributed by atoms with Crippen LogP contribution in [0.4, 0.5) is 5.82 Å². The Kier molecular flexibility index (Phi) is 3.85. The standard InChI is InChI=1S/C10H13N3O2S/c1-13(5-6-16(2,14)15)10-4-3-9(7-11)8-12-10/h3-4,8H,5-6H2,1-2H3. The molecule has 0 N–H and O–H groups in total. The molecule has 0 radical (unpaired) electrons. The van der Waals surface area contributed by atoms with E-state index >= 15 is 0 Å². The molecular formula is C10H13N3O2S. The molecule has 0 aliphatic rings. The van der Waals surface area contributed by atoms with Gasteiger partial charge in [-0.3, -0.25) is 0 Å². The van der Waals surface area contributed by atoms with Crippen LogP contribution in [0.5, 0.6) is 0 Å². The fraction of sp³-hybridized carbons (Fsp3) is 0.400. The van der Waals surface area contributed by atoms with Crippen molar-refractivity contribution < 1.29 is 8.42 Å². The van der Waals surface area contributed by atoms with Gasteiger partial charge in [-0.1, -0.05) is 0 Å². The minimum absolute atomic E-state index is 0.0885. The highest BCUT2D eigenvalue weighted by molar-refractivity contribution is 7.90. The van der Waals surface area contributed by atoms with Gasteiger partial charge in [-0.15, -0.1) is 0 Å². The molecule has 86 valence electrons. The lowest BCUT2D eigenvalue weighted by molar-refractivity contribution is 0.601. The first kappa shape index (κ1) is 12.5. The summed E-state index contributed by atoms with van der Waals surface area (Å²) in [6.45, 7) is 0.387. The number of nitrogens with zero attached hydrogens (tertiary/aromatic N) is 3. The van der Waals surface area contributed by atoms with Gasteiger partial charge in [-0.05, 0) is 12.1 Å². The maximum Gasteiger partial charge on any atom is 0.149 e. The summed E-state index contributed by atoms with van der Waals surface area (Å²) in [6.07, 6.45) is 2.67. The minimum Gasteiger partial charge on any atom is -0.359 e. The molecule has 0 unspecified atom stereocenters. The Morgan fingerprint density at radius 2 is 2.19 bits per heavy atom. The molecule has 0 saturated heterocycles. The normalized spacial score (nSPS) is 10.8. The number of anilines is 1. The summed E-state index contributed by atoms with van der Waals surface area (Å²) >= 11 is 0. The van der Waals surface area contributed by atoms with E-state index in [-0.39, 0.29) is 5.75 Å². The van der Waals surface area contributed by atoms with Crippen molar-refractivity contribution in [3.8, 4) is 6.07 Å². The zero-order valence-corrected chi connectivity index (χ0v) is 10.0. The Morgan fingerprint density at radius 1 is 1.50 bits per heavy atom. The number of rotatable bonds is 4. The molecular weight excluding hydrogens is 226 g/mol. The maximum absolute atomic E-state index is 11.0. The molecule has 0 amide bonds. The molecule has 1 heterocycles. The maximum atomic E-state index is 11.0. The fourth-order valence-electron chi connectivity index (χ4n) is 1.10. The van der Waals surface area contributed by atoms with E-state index in [1.807, 2.05) is 6.07 Å². The minimum atomic E-state index is -2.96. The summed E-state index contributed by atoms with van der Waals surface area (Å²) < 4.78 is 22.0. The Morgan fingerprint density at radius 3 is 2.62 bits per heavy atom. The van der Waals surface area contributed by atoms with Crippen LogP contribution in [-0.4, -0.2) is 39.0 Å². The van der Waals surface area contributed by atoms with Crippen LogP contribution in [0.15, 0.2) is 18.3 Å². The Hall–Kier alpha value is -1.61. The van der Waals surface area contributed by atoms with Crippen LogP contribution in [0.1, 0.15) is 5.56 Å². The lowest BCUT2D eigenvalue weighted by atomic mass is 10.3. The molecule has 1 aromatic heterocycles. The lowest BCUT2D eigenvalue weighted by Gasteiger charge is -2.17. The van der Waals surface area contributed by atoms with Crippen LogP contribution in [0, 0.1) is 11.3 Å². The van der Waals surface area contributed by atoms with Gasteiger partial charge in [0.1, 0.15) is 21.7 Å². The predicted octanol–water partition coefficient (Wildman–Crippen LogP) is 0.434. The number of nitriles is 1. The number of aromatic nitrogens is 1. The van der Waals surface area contributed by atoms with Gasteiger partial charge in [0, 0.05) is 26.0 Å². The van der Waals surface area contributed by atoms with Gasteiger partial charge >= 0.3 is 0 Å². The zero-order chi connectivity index (χ0) is 12.2. The Labute approximate surface area is 95.3 Å². The molecule has 0 aliphatic heterocycles. The fourth-order valence-corrected chi connectivity index (χ4v) is 1.70. The summed E-state index contributed by atoms with van der Waals surface area (Å²) in [4.78, 5) is 5.80. The van der Waals surface area contributed by atoms with E-state index in [1.54, 1.807) is 24.1 Å². The summed E-state index contributed by atoms with van der Waals surface area (Å²) in [6, 6.07) is 5.32. The van der Waals surface area contributed by atoms with Crippen LogP contribution in [0.2, 0.25) is 0 Å². The van der Waals surface area contributed by atoms with Gasteiger partial charge in [0.25, 0.3) is 0 Å². The highest BCUT2D eigenvalue weighted by atomic mass is 32.2. The second-order valence-corrected chi connectivity index (χ2v) is 5.83. The van der Waals surface area contributed by atoms with Crippen molar-refractivity contribution in [3.63, 3.8) is 0 Å². The number of pyridine rings is 1. The van der Waals surface area contributed by atoms with Crippen LogP contribution in [0.3, 0.4) is 0 Å². The topological polar surface area (TPSA) is 74.1 Å². The molecule has 0 aromatic carbocycles. The smallest absolute Gasteiger partial charge is 0.149 e. The molecule has 0 bridgehead atoms. The Balaban J connectivity index is 2.67. The molecule has 0 atom stereocenters. The SMILES string of the molecule is CN(CCS(C)(=O)=O)c1ccc(C#N)cn1. The summed E-state index contributed by atoms with van der Waals surface area (Å²) in [7, 11) is -1.20. The van der Waals surface area contributed by atoms with E-state index in [1.165, 1.54) is 12.5 Å². The molecule has 1 aromatic rings. The van der Waals surface area contributed by atoms with Crippen molar-refractivity contribution in [2.75, 3.05) is 30.5 Å². The highest BCUT2D eigenvalue weighted by Gasteiger charge is 2.07. The average molecular weight is 239 g/mol. The van der Waals surface area contributed by atoms with Crippen molar-refractivity contribution >= 4 is 15.7 Å². The third-order valence-electron chi connectivity index (χ3n) is 2.07. The van der Waals surface area contributed by atoms with Crippen LogP contribution >= 0.6 is 0 Å². The van der Waals surface area contributed by atoms with Crippen molar-refractivity contribution in [1.29, 1.82) is 5.26 Å². The van der Waals surface area contributed by atoms with Crippen molar-refractivity contribution in [2.24, 2.45) is 0 Å². The van der Waals surface area contributed by atoms with E-state index in [0.717, 1.165) is 0 Å². The largest absolute Gasteiger partial charge is 0.359 e. The van der Waals surface area contributed by atoms with E-state index in [2.05, 4.69) is 4.98 Å². The van der Waals surface area contributed by atoms with E-state index in [4.69, 9.17) is 5.26 Å². The van der Waals surface area contributed by atoms with Crippen LogP contribution in [0.25, 0.3) is 0 Å². The van der Waals surface area contributed by atoms with Crippen molar-refractivity contribution in [3.05, 3.63) is 23.9 Å². The molecule has 0 fully saturated rings. The van der Waals surface area contributed by atoms with Crippen molar-refractivity contribution in [1.82, 2.24) is 4.98 Å². The van der Waals surface area contributed by atoms with Gasteiger partial charge < -0.3 is 4.90 Å². The highest BCUT2D eigenvalue weighted by Crippen LogP contribution is 2.08. The predicted molar refractivity (Wildman–Crippen MR) is 61.9 cm³/mol. The number of hydrogen-bond acceptors (Lipinski definition) is 5. The Bertz CT molecular complexity index is 488. The summed E-state index contributed by atoms with van der Waals surface area (Å²) in [5.74, 6) is 0.744. The third kappa shape index (κ3) is 3.87. The van der Waals surface area contributed by atoms with E-state index < -0.39 is 9.84 Å². The van der Waals surface area contributed by atoms with Gasteiger partial charge in [0.05, 0.1) is 11.3 Å². The van der Waals surface area contributed by atoms with E-state index in [9.17, 15) is 8.42 Å². The molecule has 6 heteroatoms. The summed E-state index contributed by atoms with van der Waals surface area (Å²) in [5, 5.41) is 8.59. The van der Waals surface area contributed by atoms with Gasteiger partial charge in [-0.25, -0.2) is 13.4 Å². The lowest BCUT2D eigenvalue weighted by Crippen LogP contribution is -2.25. The number of hydrogen-bond donors (Lipinski definition) is 0. The third-order valence-corrected chi connectivity index (χ3v) is 2.99. The molecule has 0 spiro atoms. The molecule has 1 rings (SSSR count). The molecule has 0 aliphatic carbocycles. The molecule has 16 heavy (non-hydrogen) atoms. The van der Waals surface area contributed by atoms with Crippen molar-refractivity contribution in [2.45, 2.75) is 0 Å². The summed E-state index contributed by atoms with van der Waals surface area (Å²) in [5.41, 5.74) is 0.486. The quantitative estimate of drug-likeness (QED) is 0.762. The monoisotopic (exact) mass is 239 g/mol. The molecule has 0 saturated carbocycles. The average Bonchev–Trinajstić information content (AvgIpc) is 2.25. The second kappa shape index (κ2) is 4.94. The van der Waals surface area contributed by atoms with Gasteiger partial charge in [0.2, 0.25) is 0 Å². The first-order chi connectivity index (χ1) is 7.42. The van der Waals surface area contributed by atoms with E-state index in [0.29, 0.717) is 17.9 Å². The zero-order valence-electron chi connectivity index (χ0n) is 9.21. The first-order valence-electron chi connectivity index (χ1n) is 4.67. The van der Waals surface area contributed by atoms with Gasteiger partial charge in [0.15, 0.2) is 0 Å². The van der Waals surface area contributed by atoms with Gasteiger partial charge in [-0.2, -0.15) is 5.26 Å².